The Kier molecular flexibility index (Phi) is 5.23. The molecule has 106 valence electrons. The first-order valence-electron chi connectivity index (χ1n) is 7.18. The van der Waals surface area contributed by atoms with Crippen molar-refractivity contribution in [3.63, 3.8) is 0 Å². The van der Waals surface area contributed by atoms with Crippen LogP contribution in [0.25, 0.3) is 0 Å². The lowest BCUT2D eigenvalue weighted by Crippen LogP contribution is -2.42. The zero-order valence-corrected chi connectivity index (χ0v) is 12.2. The van der Waals surface area contributed by atoms with E-state index in [9.17, 15) is 0 Å². The van der Waals surface area contributed by atoms with Crippen LogP contribution in [0.5, 0.6) is 5.75 Å². The number of aryl methyl sites for hydroxylation is 1. The van der Waals surface area contributed by atoms with Gasteiger partial charge in [-0.3, -0.25) is 0 Å². The Hall–Kier alpha value is -1.06. The van der Waals surface area contributed by atoms with Crippen molar-refractivity contribution in [1.82, 2.24) is 5.32 Å². The molecular weight excluding hydrogens is 238 g/mol. The highest BCUT2D eigenvalue weighted by molar-refractivity contribution is 5.26. The van der Waals surface area contributed by atoms with Gasteiger partial charge in [0.1, 0.15) is 12.4 Å². The maximum Gasteiger partial charge on any atom is 0.119 e. The molecule has 0 amide bonds. The smallest absolute Gasteiger partial charge is 0.119 e. The van der Waals surface area contributed by atoms with Crippen LogP contribution in [0.4, 0.5) is 0 Å². The van der Waals surface area contributed by atoms with Crippen molar-refractivity contribution in [2.45, 2.75) is 39.3 Å². The van der Waals surface area contributed by atoms with Crippen LogP contribution in [0.3, 0.4) is 0 Å². The van der Waals surface area contributed by atoms with Crippen LogP contribution in [-0.4, -0.2) is 31.9 Å². The monoisotopic (exact) mass is 263 g/mol. The first-order valence-corrected chi connectivity index (χ1v) is 7.18. The van der Waals surface area contributed by atoms with Crippen LogP contribution in [0.15, 0.2) is 24.3 Å². The Balaban J connectivity index is 1.71. The number of hydrogen-bond donors (Lipinski definition) is 1. The van der Waals surface area contributed by atoms with Gasteiger partial charge in [-0.15, -0.1) is 0 Å². The van der Waals surface area contributed by atoms with Crippen LogP contribution < -0.4 is 10.1 Å². The molecular formula is C16H25NO2. The maximum absolute atomic E-state index is 5.79. The average Bonchev–Trinajstić information content (AvgIpc) is 2.92. The van der Waals surface area contributed by atoms with Gasteiger partial charge in [0, 0.05) is 18.7 Å². The third kappa shape index (κ3) is 4.51. The fourth-order valence-corrected chi connectivity index (χ4v) is 2.44. The van der Waals surface area contributed by atoms with Gasteiger partial charge < -0.3 is 14.8 Å². The van der Waals surface area contributed by atoms with E-state index >= 15 is 0 Å². The van der Waals surface area contributed by atoms with E-state index in [0.717, 1.165) is 19.0 Å². The Morgan fingerprint density at radius 1 is 1.32 bits per heavy atom. The number of hydrogen-bond acceptors (Lipinski definition) is 3. The molecule has 1 aliphatic heterocycles. The lowest BCUT2D eigenvalue weighted by atomic mass is 10.0. The van der Waals surface area contributed by atoms with Gasteiger partial charge in [-0.25, -0.2) is 0 Å². The molecule has 0 saturated carbocycles. The summed E-state index contributed by atoms with van der Waals surface area (Å²) in [7, 11) is 0. The lowest BCUT2D eigenvalue weighted by molar-refractivity contribution is 0.173. The molecule has 1 fully saturated rings. The Bertz CT molecular complexity index is 371. The van der Waals surface area contributed by atoms with E-state index in [1.54, 1.807) is 0 Å². The molecule has 2 rings (SSSR count). The molecule has 1 aromatic carbocycles. The number of rotatable bonds is 6. The van der Waals surface area contributed by atoms with Gasteiger partial charge in [-0.1, -0.05) is 17.7 Å². The molecule has 3 atom stereocenters. The summed E-state index contributed by atoms with van der Waals surface area (Å²) in [4.78, 5) is 0. The van der Waals surface area contributed by atoms with Gasteiger partial charge in [0.2, 0.25) is 0 Å². The van der Waals surface area contributed by atoms with Crippen molar-refractivity contribution >= 4 is 0 Å². The van der Waals surface area contributed by atoms with Crippen LogP contribution in [0.1, 0.15) is 25.8 Å². The van der Waals surface area contributed by atoms with Gasteiger partial charge in [0.25, 0.3) is 0 Å². The quantitative estimate of drug-likeness (QED) is 0.856. The Morgan fingerprint density at radius 3 is 2.68 bits per heavy atom. The molecule has 19 heavy (non-hydrogen) atoms. The lowest BCUT2D eigenvalue weighted by Gasteiger charge is -2.24. The topological polar surface area (TPSA) is 30.5 Å². The van der Waals surface area contributed by atoms with Gasteiger partial charge in [0.05, 0.1) is 6.61 Å². The van der Waals surface area contributed by atoms with E-state index in [2.05, 4.69) is 38.2 Å². The summed E-state index contributed by atoms with van der Waals surface area (Å²) in [6.07, 6.45) is 1.17. The Labute approximate surface area is 116 Å². The molecule has 0 spiro atoms. The third-order valence-electron chi connectivity index (χ3n) is 3.74. The molecule has 3 unspecified atom stereocenters. The summed E-state index contributed by atoms with van der Waals surface area (Å²) in [6, 6.07) is 9.03. The molecule has 1 heterocycles. The van der Waals surface area contributed by atoms with Gasteiger partial charge >= 0.3 is 0 Å². The average molecular weight is 263 g/mol. The molecule has 0 radical (unpaired) electrons. The molecule has 1 N–H and O–H groups in total. The standard InChI is InChI=1S/C16H25NO2/c1-12-4-6-16(7-5-12)19-10-13(2)17-14(3)15-8-9-18-11-15/h4-7,13-15,17H,8-11H2,1-3H3. The van der Waals surface area contributed by atoms with Crippen molar-refractivity contribution in [2.75, 3.05) is 19.8 Å². The van der Waals surface area contributed by atoms with Crippen molar-refractivity contribution in [3.05, 3.63) is 29.8 Å². The number of benzene rings is 1. The molecule has 0 aromatic heterocycles. The molecule has 3 heteroatoms. The zero-order valence-electron chi connectivity index (χ0n) is 12.2. The second-order valence-corrected chi connectivity index (χ2v) is 5.60. The van der Waals surface area contributed by atoms with Crippen LogP contribution in [-0.2, 0) is 4.74 Å². The van der Waals surface area contributed by atoms with Crippen LogP contribution in [0, 0.1) is 12.8 Å². The van der Waals surface area contributed by atoms with Crippen molar-refractivity contribution in [2.24, 2.45) is 5.92 Å². The van der Waals surface area contributed by atoms with Crippen molar-refractivity contribution in [3.8, 4) is 5.75 Å². The van der Waals surface area contributed by atoms with E-state index in [1.165, 1.54) is 12.0 Å². The summed E-state index contributed by atoms with van der Waals surface area (Å²) in [5.41, 5.74) is 1.26. The molecule has 0 bridgehead atoms. The predicted molar refractivity (Wildman–Crippen MR) is 77.7 cm³/mol. The van der Waals surface area contributed by atoms with Gasteiger partial charge in [-0.05, 0) is 45.2 Å². The molecule has 1 saturated heterocycles. The molecule has 3 nitrogen and oxygen atoms in total. The molecule has 1 aliphatic rings. The summed E-state index contributed by atoms with van der Waals surface area (Å²) < 4.78 is 11.2. The highest BCUT2D eigenvalue weighted by Crippen LogP contribution is 2.17. The molecule has 0 aliphatic carbocycles. The maximum atomic E-state index is 5.79. The van der Waals surface area contributed by atoms with E-state index in [0.29, 0.717) is 24.6 Å². The first-order chi connectivity index (χ1) is 9.15. The summed E-state index contributed by atoms with van der Waals surface area (Å²) in [5.74, 6) is 1.58. The van der Waals surface area contributed by atoms with Crippen molar-refractivity contribution < 1.29 is 9.47 Å². The highest BCUT2D eigenvalue weighted by Gasteiger charge is 2.23. The highest BCUT2D eigenvalue weighted by atomic mass is 16.5. The second kappa shape index (κ2) is 6.92. The molecule has 1 aromatic rings. The third-order valence-corrected chi connectivity index (χ3v) is 3.74. The fraction of sp³-hybridized carbons (Fsp3) is 0.625. The number of nitrogens with one attached hydrogen (secondary N) is 1. The first kappa shape index (κ1) is 14.4. The summed E-state index contributed by atoms with van der Waals surface area (Å²) >= 11 is 0. The van der Waals surface area contributed by atoms with E-state index < -0.39 is 0 Å². The summed E-state index contributed by atoms with van der Waals surface area (Å²) in [6.45, 7) is 8.98. The van der Waals surface area contributed by atoms with E-state index in [4.69, 9.17) is 9.47 Å². The van der Waals surface area contributed by atoms with Crippen LogP contribution >= 0.6 is 0 Å². The minimum Gasteiger partial charge on any atom is -0.492 e. The predicted octanol–water partition coefficient (Wildman–Crippen LogP) is 2.78. The van der Waals surface area contributed by atoms with Crippen LogP contribution in [0.2, 0.25) is 0 Å². The minimum atomic E-state index is 0.344. The normalized spacial score (nSPS) is 22.2. The van der Waals surface area contributed by atoms with E-state index in [-0.39, 0.29) is 0 Å². The minimum absolute atomic E-state index is 0.344. The number of ether oxygens (including phenoxy) is 2. The fourth-order valence-electron chi connectivity index (χ4n) is 2.44. The largest absolute Gasteiger partial charge is 0.492 e. The van der Waals surface area contributed by atoms with Gasteiger partial charge in [-0.2, -0.15) is 0 Å². The van der Waals surface area contributed by atoms with Gasteiger partial charge in [0.15, 0.2) is 0 Å². The zero-order chi connectivity index (χ0) is 13.7. The Morgan fingerprint density at radius 2 is 2.05 bits per heavy atom. The summed E-state index contributed by atoms with van der Waals surface area (Å²) in [5, 5.41) is 3.60. The second-order valence-electron chi connectivity index (χ2n) is 5.60. The van der Waals surface area contributed by atoms with E-state index in [1.807, 2.05) is 12.1 Å². The van der Waals surface area contributed by atoms with Crippen molar-refractivity contribution in [1.29, 1.82) is 0 Å². The SMILES string of the molecule is Cc1ccc(OCC(C)NC(C)C2CCOC2)cc1.